The number of halogens is 2. The minimum Gasteiger partial charge on any atom is -0.311 e. The molecule has 0 bridgehead atoms. The maximum atomic E-state index is 14.3. The summed E-state index contributed by atoms with van der Waals surface area (Å²) in [7, 11) is 0. The molecule has 2 atom stereocenters. The van der Waals surface area contributed by atoms with Crippen LogP contribution in [0, 0.1) is 23.5 Å². The number of benzene rings is 8. The van der Waals surface area contributed by atoms with Gasteiger partial charge >= 0.3 is 0 Å². The summed E-state index contributed by atoms with van der Waals surface area (Å²) in [5.41, 5.74) is 13.2. The standard InChI is InChI=1S/C62H49F2N3/c1-38(2)40-10-20-50(21-11-40)65(52-26-16-48(63)17-27-52)54-24-14-43-32-56-58-34-47(42-8-6-5-7-9-42)35-59-57-33-44-15-25-55(31-46(44)37-61(57)67(62(58)59)60(56)36-45(43)30-54)66(53-28-18-49(64)19-29-53)51-22-12-41(13-23-51)39(3)4/h5-39,43,45H,1-4H3. The molecule has 0 fully saturated rings. The molecule has 2 aromatic heterocycles. The number of hydrogen-bond donors (Lipinski definition) is 0. The van der Waals surface area contributed by atoms with Gasteiger partial charge in [-0.25, -0.2) is 8.78 Å². The van der Waals surface area contributed by atoms with Crippen molar-refractivity contribution in [1.29, 1.82) is 0 Å². The largest absolute Gasteiger partial charge is 0.311 e. The molecule has 2 heterocycles. The summed E-state index contributed by atoms with van der Waals surface area (Å²) in [5.74, 6) is 0.535. The van der Waals surface area contributed by atoms with Crippen LogP contribution in [-0.2, 0) is 0 Å². The Labute approximate surface area is 389 Å². The Balaban J connectivity index is 1.06. The molecule has 12 rings (SSSR count). The molecule has 2 aliphatic carbocycles. The quantitative estimate of drug-likeness (QED) is 0.143. The van der Waals surface area contributed by atoms with Crippen LogP contribution in [0.5, 0.6) is 0 Å². The second-order valence-electron chi connectivity index (χ2n) is 18.9. The van der Waals surface area contributed by atoms with Crippen LogP contribution in [0.3, 0.4) is 0 Å². The second kappa shape index (κ2) is 16.0. The van der Waals surface area contributed by atoms with E-state index in [4.69, 9.17) is 0 Å². The first-order valence-electron chi connectivity index (χ1n) is 23.4. The van der Waals surface area contributed by atoms with Gasteiger partial charge in [0.05, 0.1) is 16.4 Å². The van der Waals surface area contributed by atoms with Gasteiger partial charge in [0.15, 0.2) is 0 Å². The maximum absolute atomic E-state index is 14.3. The van der Waals surface area contributed by atoms with Crippen LogP contribution >= 0.6 is 0 Å². The van der Waals surface area contributed by atoms with Gasteiger partial charge in [-0.15, -0.1) is 0 Å². The number of hydrogen-bond acceptors (Lipinski definition) is 2. The molecule has 2 aliphatic rings. The molecule has 8 aromatic carbocycles. The van der Waals surface area contributed by atoms with Crippen molar-refractivity contribution in [3.05, 3.63) is 227 Å². The van der Waals surface area contributed by atoms with Gasteiger partial charge in [-0.2, -0.15) is 0 Å². The molecule has 2 unspecified atom stereocenters. The fraction of sp³-hybridized carbons (Fsp3) is 0.129. The number of rotatable bonds is 9. The van der Waals surface area contributed by atoms with Crippen LogP contribution in [-0.4, -0.2) is 4.40 Å². The van der Waals surface area contributed by atoms with E-state index in [0.717, 1.165) is 50.4 Å². The highest BCUT2D eigenvalue weighted by atomic mass is 19.1. The Morgan fingerprint density at radius 1 is 0.463 bits per heavy atom. The summed E-state index contributed by atoms with van der Waals surface area (Å²) in [4.78, 5) is 4.45. The molecule has 326 valence electrons. The molecule has 0 saturated carbocycles. The normalized spacial score (nSPS) is 15.6. The zero-order chi connectivity index (χ0) is 45.5. The topological polar surface area (TPSA) is 10.9 Å². The minimum absolute atomic E-state index is 0.0745. The van der Waals surface area contributed by atoms with Gasteiger partial charge in [0.25, 0.3) is 0 Å². The van der Waals surface area contributed by atoms with E-state index < -0.39 is 0 Å². The summed E-state index contributed by atoms with van der Waals surface area (Å²) < 4.78 is 31.2. The third kappa shape index (κ3) is 7.00. The van der Waals surface area contributed by atoms with Gasteiger partial charge in [0, 0.05) is 67.3 Å². The molecule has 0 N–H and O–H groups in total. The summed E-state index contributed by atoms with van der Waals surface area (Å²) in [5, 5.41) is 8.40. The van der Waals surface area contributed by atoms with Crippen molar-refractivity contribution < 1.29 is 8.78 Å². The highest BCUT2D eigenvalue weighted by Gasteiger charge is 2.27. The van der Waals surface area contributed by atoms with Crippen LogP contribution in [0.1, 0.15) is 50.7 Å². The third-order valence-electron chi connectivity index (χ3n) is 14.0. The molecule has 0 radical (unpaired) electrons. The minimum atomic E-state index is -0.262. The first kappa shape index (κ1) is 40.7. The number of fused-ring (bicyclic) bond motifs is 8. The summed E-state index contributed by atoms with van der Waals surface area (Å²) in [6, 6.07) is 57.9. The highest BCUT2D eigenvalue weighted by Crippen LogP contribution is 2.42. The zero-order valence-electron chi connectivity index (χ0n) is 38.0. The number of aromatic nitrogens is 1. The lowest BCUT2D eigenvalue weighted by Gasteiger charge is -2.31. The van der Waals surface area contributed by atoms with E-state index in [2.05, 4.69) is 194 Å². The van der Waals surface area contributed by atoms with Crippen LogP contribution in [0.4, 0.5) is 37.2 Å². The molecular weight excluding hydrogens is 825 g/mol. The Hall–Kier alpha value is -7.76. The van der Waals surface area contributed by atoms with E-state index in [9.17, 15) is 8.78 Å². The van der Waals surface area contributed by atoms with Crippen molar-refractivity contribution in [3.63, 3.8) is 0 Å². The number of allylic oxidation sites excluding steroid dienone is 3. The Bertz CT molecular complexity index is 3700. The summed E-state index contributed by atoms with van der Waals surface area (Å²) in [6.07, 6.45) is 11.9. The lowest BCUT2D eigenvalue weighted by molar-refractivity contribution is 0.627. The second-order valence-corrected chi connectivity index (χ2v) is 18.9. The number of nitrogens with zero attached hydrogens (tertiary/aromatic N) is 3. The van der Waals surface area contributed by atoms with Gasteiger partial charge in [-0.3, -0.25) is 0 Å². The van der Waals surface area contributed by atoms with E-state index in [-0.39, 0.29) is 23.5 Å². The van der Waals surface area contributed by atoms with Gasteiger partial charge in [0.1, 0.15) is 11.6 Å². The van der Waals surface area contributed by atoms with Gasteiger partial charge < -0.3 is 14.2 Å². The van der Waals surface area contributed by atoms with Crippen LogP contribution < -0.4 is 20.4 Å². The fourth-order valence-corrected chi connectivity index (χ4v) is 10.5. The van der Waals surface area contributed by atoms with Crippen molar-refractivity contribution in [2.75, 3.05) is 9.80 Å². The first-order valence-corrected chi connectivity index (χ1v) is 23.4. The fourth-order valence-electron chi connectivity index (χ4n) is 10.5. The van der Waals surface area contributed by atoms with Gasteiger partial charge in [-0.1, -0.05) is 113 Å². The van der Waals surface area contributed by atoms with Gasteiger partial charge in [0.2, 0.25) is 0 Å². The van der Waals surface area contributed by atoms with Crippen LogP contribution in [0.15, 0.2) is 194 Å². The number of anilines is 5. The predicted molar refractivity (Wildman–Crippen MR) is 277 cm³/mol. The lowest BCUT2D eigenvalue weighted by atomic mass is 9.83. The SMILES string of the molecule is CC(C)c1ccc(N(C2=CC3C=c4c(c5cc(-c6ccccc6)cc6c7cc8ccc(N(c9ccc(F)cc9)c9ccc(C(C)C)cc9)cc8cc7n4c56)=CC3C=C2)c2ccc(F)cc2)cc1. The summed E-state index contributed by atoms with van der Waals surface area (Å²) >= 11 is 0. The van der Waals surface area contributed by atoms with Crippen molar-refractivity contribution in [2.45, 2.75) is 39.5 Å². The Morgan fingerprint density at radius 3 is 1.64 bits per heavy atom. The Morgan fingerprint density at radius 2 is 1.03 bits per heavy atom. The van der Waals surface area contributed by atoms with Crippen molar-refractivity contribution in [1.82, 2.24) is 4.40 Å². The predicted octanol–water partition coefficient (Wildman–Crippen LogP) is 15.6. The molecule has 5 heteroatoms. The van der Waals surface area contributed by atoms with E-state index in [1.807, 2.05) is 24.3 Å². The maximum Gasteiger partial charge on any atom is 0.123 e. The van der Waals surface area contributed by atoms with E-state index in [0.29, 0.717) is 11.8 Å². The molecule has 10 aromatic rings. The summed E-state index contributed by atoms with van der Waals surface area (Å²) in [6.45, 7) is 8.83. The van der Waals surface area contributed by atoms with E-state index in [1.165, 1.54) is 78.8 Å². The first-order chi connectivity index (χ1) is 32.6. The zero-order valence-corrected chi connectivity index (χ0v) is 38.0. The van der Waals surface area contributed by atoms with Crippen LogP contribution in [0.2, 0.25) is 0 Å². The lowest BCUT2D eigenvalue weighted by Crippen LogP contribution is -2.34. The molecule has 0 saturated heterocycles. The van der Waals surface area contributed by atoms with E-state index in [1.54, 1.807) is 0 Å². The molecule has 0 amide bonds. The third-order valence-corrected chi connectivity index (χ3v) is 14.0. The molecular formula is C62H49F2N3. The average Bonchev–Trinajstić information content (AvgIpc) is 3.84. The smallest absolute Gasteiger partial charge is 0.123 e. The van der Waals surface area contributed by atoms with E-state index >= 15 is 0 Å². The molecule has 3 nitrogen and oxygen atoms in total. The average molecular weight is 874 g/mol. The van der Waals surface area contributed by atoms with Crippen molar-refractivity contribution in [3.8, 4) is 11.1 Å². The molecule has 0 aliphatic heterocycles. The van der Waals surface area contributed by atoms with Crippen LogP contribution in [0.25, 0.3) is 61.2 Å². The van der Waals surface area contributed by atoms with Crippen molar-refractivity contribution in [2.24, 2.45) is 11.8 Å². The van der Waals surface area contributed by atoms with Gasteiger partial charge in [-0.05, 0) is 160 Å². The molecule has 0 spiro atoms. The Kier molecular flexibility index (Phi) is 9.72. The van der Waals surface area contributed by atoms with Crippen molar-refractivity contribution >= 4 is 78.6 Å². The monoisotopic (exact) mass is 873 g/mol. The molecule has 67 heavy (non-hydrogen) atoms. The highest BCUT2D eigenvalue weighted by molar-refractivity contribution is 6.19.